The van der Waals surface area contributed by atoms with Crippen LogP contribution in [0.3, 0.4) is 0 Å². The van der Waals surface area contributed by atoms with Crippen molar-refractivity contribution < 1.29 is 22.3 Å². The molecule has 11 heteroatoms. The summed E-state index contributed by atoms with van der Waals surface area (Å²) in [7, 11) is -3.96. The monoisotopic (exact) mass is 581 g/mol. The molecule has 6 rings (SSSR count). The van der Waals surface area contributed by atoms with Gasteiger partial charge in [0.2, 0.25) is 0 Å². The number of hydrogen-bond acceptors (Lipinski definition) is 5. The van der Waals surface area contributed by atoms with Gasteiger partial charge in [0.1, 0.15) is 17.7 Å². The summed E-state index contributed by atoms with van der Waals surface area (Å²) >= 11 is 12.4. The number of benzene rings is 2. The summed E-state index contributed by atoms with van der Waals surface area (Å²) in [6, 6.07) is 8.32. The van der Waals surface area contributed by atoms with Gasteiger partial charge in [-0.1, -0.05) is 29.3 Å². The van der Waals surface area contributed by atoms with Crippen molar-refractivity contribution in [3.05, 3.63) is 62.9 Å². The van der Waals surface area contributed by atoms with Crippen LogP contribution in [-0.2, 0) is 16.8 Å². The first-order valence-corrected chi connectivity index (χ1v) is 15.3. The van der Waals surface area contributed by atoms with E-state index >= 15 is 4.39 Å². The molecule has 4 fully saturated rings. The molecule has 1 N–H and O–H groups in total. The Balaban J connectivity index is 1.15. The average molecular weight is 583 g/mol. The van der Waals surface area contributed by atoms with E-state index in [4.69, 9.17) is 27.9 Å². The lowest BCUT2D eigenvalue weighted by Gasteiger charge is -2.33. The molecule has 2 aliphatic heterocycles. The summed E-state index contributed by atoms with van der Waals surface area (Å²) < 4.78 is 49.4. The van der Waals surface area contributed by atoms with E-state index in [1.54, 1.807) is 6.07 Å². The third kappa shape index (κ3) is 5.28. The van der Waals surface area contributed by atoms with Crippen LogP contribution in [0.4, 0.5) is 4.39 Å². The summed E-state index contributed by atoms with van der Waals surface area (Å²) in [6.45, 7) is 3.29. The highest BCUT2D eigenvalue weighted by Gasteiger charge is 2.58. The first-order chi connectivity index (χ1) is 18.1. The first kappa shape index (κ1) is 26.3. The maximum Gasteiger partial charge on any atom is 0.304 e. The van der Waals surface area contributed by atoms with Crippen molar-refractivity contribution in [1.29, 1.82) is 0 Å². The second-order valence-electron chi connectivity index (χ2n) is 11.1. The molecule has 7 nitrogen and oxygen atoms in total. The normalized spacial score (nSPS) is 25.7. The Bertz CT molecular complexity index is 1380. The Morgan fingerprint density at radius 3 is 2.61 bits per heavy atom. The summed E-state index contributed by atoms with van der Waals surface area (Å²) in [5.41, 5.74) is 1.56. The Labute approximate surface area is 232 Å². The third-order valence-corrected chi connectivity index (χ3v) is 10.3. The molecule has 2 heterocycles. The average Bonchev–Trinajstić information content (AvgIpc) is 3.73. The van der Waals surface area contributed by atoms with E-state index in [2.05, 4.69) is 4.90 Å². The van der Waals surface area contributed by atoms with Gasteiger partial charge < -0.3 is 4.74 Å². The van der Waals surface area contributed by atoms with Gasteiger partial charge in [-0.25, -0.2) is 9.11 Å². The molecular formula is C27H30Cl2FN3O4S. The molecule has 1 unspecified atom stereocenters. The molecule has 0 bridgehead atoms. The minimum atomic E-state index is -3.96. The van der Waals surface area contributed by atoms with E-state index in [1.807, 2.05) is 16.9 Å². The van der Waals surface area contributed by atoms with Crippen molar-refractivity contribution in [3.8, 4) is 5.75 Å². The van der Waals surface area contributed by atoms with Gasteiger partial charge in [-0.2, -0.15) is 12.7 Å². The quantitative estimate of drug-likeness (QED) is 0.468. The molecule has 204 valence electrons. The molecule has 4 aliphatic rings. The largest absolute Gasteiger partial charge is 0.489 e. The van der Waals surface area contributed by atoms with Crippen LogP contribution in [0, 0.1) is 11.2 Å². The van der Waals surface area contributed by atoms with Crippen LogP contribution in [0.25, 0.3) is 0 Å². The van der Waals surface area contributed by atoms with Gasteiger partial charge >= 0.3 is 10.2 Å². The molecular weight excluding hydrogens is 552 g/mol. The highest BCUT2D eigenvalue weighted by Crippen LogP contribution is 2.56. The predicted octanol–water partition coefficient (Wildman–Crippen LogP) is 5.12. The van der Waals surface area contributed by atoms with Crippen LogP contribution in [0.2, 0.25) is 10.0 Å². The first-order valence-electron chi connectivity index (χ1n) is 13.1. The lowest BCUT2D eigenvalue weighted by atomic mass is 9.94. The standard InChI is InChI=1S/C27H30Cl2FN3O4S/c28-19-6-5-18(22(29)11-19)15-32-8-1-7-27(16-32)14-25(27)37-24-13-23(30)21(12-20(24)17-3-4-17)26(34)31-38(35,36)33-9-2-10-33/h5-6,11-13,17,25H,1-4,7-10,14-16H2,(H,31,34)/t25-,27?/m1/s1. The number of rotatable bonds is 8. The lowest BCUT2D eigenvalue weighted by molar-refractivity contribution is 0.0973. The van der Waals surface area contributed by atoms with Crippen LogP contribution in [-0.4, -0.2) is 55.8 Å². The molecule has 2 aromatic rings. The lowest BCUT2D eigenvalue weighted by Crippen LogP contribution is -2.49. The maximum atomic E-state index is 15.1. The van der Waals surface area contributed by atoms with Crippen LogP contribution in [0.15, 0.2) is 30.3 Å². The molecule has 2 aromatic carbocycles. The number of amides is 1. The number of likely N-dealkylation sites (tertiary alicyclic amines) is 1. The number of carbonyl (C=O) groups excluding carboxylic acids is 1. The van der Waals surface area contributed by atoms with Gasteiger partial charge in [0, 0.05) is 47.7 Å². The van der Waals surface area contributed by atoms with Crippen LogP contribution in [0.5, 0.6) is 5.75 Å². The molecule has 0 aromatic heterocycles. The smallest absolute Gasteiger partial charge is 0.304 e. The van der Waals surface area contributed by atoms with E-state index in [0.29, 0.717) is 28.9 Å². The molecule has 2 saturated carbocycles. The van der Waals surface area contributed by atoms with Crippen molar-refractivity contribution >= 4 is 39.3 Å². The number of nitrogens with zero attached hydrogens (tertiary/aromatic N) is 2. The zero-order valence-corrected chi connectivity index (χ0v) is 23.2. The summed E-state index contributed by atoms with van der Waals surface area (Å²) in [5.74, 6) is -1.08. The number of carbonyl (C=O) groups is 1. The van der Waals surface area contributed by atoms with Crippen LogP contribution in [0.1, 0.15) is 65.9 Å². The van der Waals surface area contributed by atoms with Crippen LogP contribution >= 0.6 is 23.2 Å². The van der Waals surface area contributed by atoms with Gasteiger partial charge in [-0.15, -0.1) is 0 Å². The highest BCUT2D eigenvalue weighted by molar-refractivity contribution is 7.87. The molecule has 2 atom stereocenters. The van der Waals surface area contributed by atoms with E-state index in [9.17, 15) is 13.2 Å². The van der Waals surface area contributed by atoms with Crippen molar-refractivity contribution in [3.63, 3.8) is 0 Å². The Morgan fingerprint density at radius 1 is 1.13 bits per heavy atom. The van der Waals surface area contributed by atoms with Crippen molar-refractivity contribution in [2.45, 2.75) is 57.1 Å². The Hall–Kier alpha value is -1.91. The fraction of sp³-hybridized carbons (Fsp3) is 0.519. The zero-order chi connectivity index (χ0) is 26.7. The fourth-order valence-electron chi connectivity index (χ4n) is 5.67. The molecule has 38 heavy (non-hydrogen) atoms. The van der Waals surface area contributed by atoms with E-state index < -0.39 is 21.9 Å². The minimum Gasteiger partial charge on any atom is -0.489 e. The van der Waals surface area contributed by atoms with Gasteiger partial charge in [0.25, 0.3) is 5.91 Å². The minimum absolute atomic E-state index is 0.00972. The summed E-state index contributed by atoms with van der Waals surface area (Å²) in [5, 5.41) is 1.27. The molecule has 0 radical (unpaired) electrons. The van der Waals surface area contributed by atoms with Crippen molar-refractivity contribution in [1.82, 2.24) is 13.9 Å². The summed E-state index contributed by atoms with van der Waals surface area (Å²) in [6.07, 6.45) is 5.55. The van der Waals surface area contributed by atoms with Crippen molar-refractivity contribution in [2.75, 3.05) is 26.2 Å². The molecule has 1 amide bonds. The predicted molar refractivity (Wildman–Crippen MR) is 143 cm³/mol. The Kier molecular flexibility index (Phi) is 6.88. The van der Waals surface area contributed by atoms with Crippen molar-refractivity contribution in [2.24, 2.45) is 5.41 Å². The maximum absolute atomic E-state index is 15.1. The molecule has 1 spiro atoms. The van der Waals surface area contributed by atoms with Gasteiger partial charge in [0.15, 0.2) is 0 Å². The second-order valence-corrected chi connectivity index (χ2v) is 13.6. The van der Waals surface area contributed by atoms with Crippen LogP contribution < -0.4 is 9.46 Å². The van der Waals surface area contributed by atoms with Gasteiger partial charge in [-0.05, 0) is 80.3 Å². The molecule has 2 saturated heterocycles. The highest BCUT2D eigenvalue weighted by atomic mass is 35.5. The molecule has 2 aliphatic carbocycles. The van der Waals surface area contributed by atoms with E-state index in [-0.39, 0.29) is 23.0 Å². The van der Waals surface area contributed by atoms with Gasteiger partial charge in [0.05, 0.1) is 5.56 Å². The van der Waals surface area contributed by atoms with E-state index in [0.717, 1.165) is 69.3 Å². The zero-order valence-electron chi connectivity index (χ0n) is 20.9. The SMILES string of the molecule is O=C(NS(=O)(=O)N1CCC1)c1cc(C2CC2)c(O[C@@H]2CC23CCCN(Cc2ccc(Cl)cc2Cl)C3)cc1F. The second kappa shape index (κ2) is 9.93. The fourth-order valence-corrected chi connectivity index (χ4v) is 7.35. The number of hydrogen-bond donors (Lipinski definition) is 1. The number of piperidine rings is 1. The topological polar surface area (TPSA) is 79.0 Å². The third-order valence-electron chi connectivity index (χ3n) is 8.22. The Morgan fingerprint density at radius 2 is 1.92 bits per heavy atom. The van der Waals surface area contributed by atoms with Gasteiger partial charge in [-0.3, -0.25) is 9.69 Å². The number of ether oxygens (including phenoxy) is 1. The number of nitrogens with one attached hydrogen (secondary N) is 1. The summed E-state index contributed by atoms with van der Waals surface area (Å²) in [4.78, 5) is 15.1. The van der Waals surface area contributed by atoms with E-state index in [1.165, 1.54) is 16.4 Å². The number of halogens is 3.